The lowest BCUT2D eigenvalue weighted by molar-refractivity contribution is 0.0950. The summed E-state index contributed by atoms with van der Waals surface area (Å²) in [6.07, 6.45) is 4.66. The molecule has 0 saturated heterocycles. The molecular formula is C16H19N3O. The first-order chi connectivity index (χ1) is 9.70. The number of amides is 1. The predicted octanol–water partition coefficient (Wildman–Crippen LogP) is 2.64. The van der Waals surface area contributed by atoms with Gasteiger partial charge in [0.1, 0.15) is 0 Å². The number of carbonyl (C=O) groups is 1. The lowest BCUT2D eigenvalue weighted by Gasteiger charge is -2.10. The van der Waals surface area contributed by atoms with E-state index in [1.165, 1.54) is 0 Å². The Hall–Kier alpha value is -2.10. The molecule has 0 bridgehead atoms. The molecule has 1 aliphatic carbocycles. The molecular weight excluding hydrogens is 250 g/mol. The number of nitrogens with one attached hydrogen (secondary N) is 1. The lowest BCUT2D eigenvalue weighted by atomic mass is 10.1. The number of aryl methyl sites for hydroxylation is 1. The number of carbonyl (C=O) groups excluding carboxylic acids is 1. The summed E-state index contributed by atoms with van der Waals surface area (Å²) in [4.78, 5) is 12.2. The molecule has 2 aromatic rings. The highest BCUT2D eigenvalue weighted by molar-refractivity contribution is 5.95. The normalized spacial score (nSPS) is 14.3. The Morgan fingerprint density at radius 3 is 2.80 bits per heavy atom. The van der Waals surface area contributed by atoms with Gasteiger partial charge < -0.3 is 5.32 Å². The summed E-state index contributed by atoms with van der Waals surface area (Å²) in [5, 5.41) is 7.45. The second-order valence-electron chi connectivity index (χ2n) is 5.30. The van der Waals surface area contributed by atoms with E-state index < -0.39 is 0 Å². The number of rotatable bonds is 4. The van der Waals surface area contributed by atoms with Crippen molar-refractivity contribution < 1.29 is 4.79 Å². The molecule has 0 radical (unpaired) electrons. The van der Waals surface area contributed by atoms with Gasteiger partial charge in [0, 0.05) is 6.04 Å². The van der Waals surface area contributed by atoms with Crippen molar-refractivity contribution in [3.63, 3.8) is 0 Å². The molecule has 4 heteroatoms. The third-order valence-electron chi connectivity index (χ3n) is 3.70. The van der Waals surface area contributed by atoms with E-state index in [4.69, 9.17) is 0 Å². The molecule has 20 heavy (non-hydrogen) atoms. The molecule has 1 amide bonds. The Bertz CT molecular complexity index is 641. The minimum atomic E-state index is 0.00387. The van der Waals surface area contributed by atoms with Crippen LogP contribution in [-0.4, -0.2) is 21.7 Å². The van der Waals surface area contributed by atoms with E-state index in [9.17, 15) is 4.79 Å². The third kappa shape index (κ3) is 2.33. The van der Waals surface area contributed by atoms with Crippen molar-refractivity contribution in [2.75, 3.05) is 0 Å². The topological polar surface area (TPSA) is 46.9 Å². The molecule has 104 valence electrons. The molecule has 0 unspecified atom stereocenters. The average Bonchev–Trinajstić information content (AvgIpc) is 3.15. The number of aromatic nitrogens is 2. The maximum absolute atomic E-state index is 12.2. The molecule has 4 nitrogen and oxygen atoms in total. The SMILES string of the molecule is CCc1c(C(=O)NC2CC2)cnn1-c1ccccc1C. The second kappa shape index (κ2) is 5.12. The summed E-state index contributed by atoms with van der Waals surface area (Å²) in [5.41, 5.74) is 3.86. The van der Waals surface area contributed by atoms with Gasteiger partial charge in [-0.3, -0.25) is 4.79 Å². The minimum Gasteiger partial charge on any atom is -0.349 e. The summed E-state index contributed by atoms with van der Waals surface area (Å²) in [7, 11) is 0. The van der Waals surface area contributed by atoms with Crippen molar-refractivity contribution in [2.24, 2.45) is 0 Å². The molecule has 1 aliphatic rings. The molecule has 1 aromatic heterocycles. The first-order valence-corrected chi connectivity index (χ1v) is 7.14. The fourth-order valence-electron chi connectivity index (χ4n) is 2.40. The fourth-order valence-corrected chi connectivity index (χ4v) is 2.40. The van der Waals surface area contributed by atoms with E-state index in [0.717, 1.165) is 36.2 Å². The van der Waals surface area contributed by atoms with Gasteiger partial charge in [-0.05, 0) is 37.8 Å². The molecule has 1 saturated carbocycles. The first-order valence-electron chi connectivity index (χ1n) is 7.14. The Morgan fingerprint density at radius 1 is 1.40 bits per heavy atom. The molecule has 1 aromatic carbocycles. The van der Waals surface area contributed by atoms with E-state index in [-0.39, 0.29) is 5.91 Å². The van der Waals surface area contributed by atoms with Crippen LogP contribution in [-0.2, 0) is 6.42 Å². The van der Waals surface area contributed by atoms with Gasteiger partial charge in [0.15, 0.2) is 0 Å². The van der Waals surface area contributed by atoms with Crippen LogP contribution in [0.15, 0.2) is 30.5 Å². The summed E-state index contributed by atoms with van der Waals surface area (Å²) < 4.78 is 1.89. The molecule has 1 heterocycles. The number of hydrogen-bond acceptors (Lipinski definition) is 2. The van der Waals surface area contributed by atoms with Gasteiger partial charge in [-0.2, -0.15) is 5.10 Å². The number of para-hydroxylation sites is 1. The molecule has 3 rings (SSSR count). The van der Waals surface area contributed by atoms with Crippen LogP contribution in [0.2, 0.25) is 0 Å². The number of benzene rings is 1. The highest BCUT2D eigenvalue weighted by atomic mass is 16.1. The molecule has 1 fully saturated rings. The third-order valence-corrected chi connectivity index (χ3v) is 3.70. The zero-order valence-corrected chi connectivity index (χ0v) is 11.9. The van der Waals surface area contributed by atoms with Crippen molar-refractivity contribution in [1.29, 1.82) is 0 Å². The maximum atomic E-state index is 12.2. The summed E-state index contributed by atoms with van der Waals surface area (Å²) >= 11 is 0. The van der Waals surface area contributed by atoms with Gasteiger partial charge in [-0.15, -0.1) is 0 Å². The Morgan fingerprint density at radius 2 is 2.15 bits per heavy atom. The molecule has 0 aliphatic heterocycles. The van der Waals surface area contributed by atoms with Crippen LogP contribution >= 0.6 is 0 Å². The zero-order chi connectivity index (χ0) is 14.1. The van der Waals surface area contributed by atoms with Crippen LogP contribution in [0.4, 0.5) is 0 Å². The zero-order valence-electron chi connectivity index (χ0n) is 11.9. The van der Waals surface area contributed by atoms with Crippen molar-refractivity contribution in [3.05, 3.63) is 47.3 Å². The molecule has 1 N–H and O–H groups in total. The smallest absolute Gasteiger partial charge is 0.254 e. The van der Waals surface area contributed by atoms with Crippen molar-refractivity contribution >= 4 is 5.91 Å². The minimum absolute atomic E-state index is 0.00387. The Labute approximate surface area is 118 Å². The quantitative estimate of drug-likeness (QED) is 0.927. The van der Waals surface area contributed by atoms with Gasteiger partial charge in [0.2, 0.25) is 0 Å². The standard InChI is InChI=1S/C16H19N3O/c1-3-14-13(16(20)18-12-8-9-12)10-17-19(14)15-7-5-4-6-11(15)2/h4-7,10,12H,3,8-9H2,1-2H3,(H,18,20). The Kier molecular flexibility index (Phi) is 3.30. The summed E-state index contributed by atoms with van der Waals surface area (Å²) in [5.74, 6) is 0.00387. The second-order valence-corrected chi connectivity index (χ2v) is 5.30. The average molecular weight is 269 g/mol. The van der Waals surface area contributed by atoms with Crippen LogP contribution in [0.1, 0.15) is 41.4 Å². The monoisotopic (exact) mass is 269 g/mol. The van der Waals surface area contributed by atoms with Crippen molar-refractivity contribution in [2.45, 2.75) is 39.2 Å². The van der Waals surface area contributed by atoms with E-state index in [2.05, 4.69) is 30.3 Å². The van der Waals surface area contributed by atoms with Crippen molar-refractivity contribution in [1.82, 2.24) is 15.1 Å². The largest absolute Gasteiger partial charge is 0.349 e. The highest BCUT2D eigenvalue weighted by Gasteiger charge is 2.26. The summed E-state index contributed by atoms with van der Waals surface area (Å²) in [6, 6.07) is 8.46. The van der Waals surface area contributed by atoms with Crippen LogP contribution in [0.5, 0.6) is 0 Å². The molecule has 0 atom stereocenters. The van der Waals surface area contributed by atoms with Crippen LogP contribution < -0.4 is 5.32 Å². The highest BCUT2D eigenvalue weighted by Crippen LogP contribution is 2.22. The fraction of sp³-hybridized carbons (Fsp3) is 0.375. The predicted molar refractivity (Wildman–Crippen MR) is 78.2 cm³/mol. The van der Waals surface area contributed by atoms with Gasteiger partial charge >= 0.3 is 0 Å². The van der Waals surface area contributed by atoms with E-state index in [0.29, 0.717) is 11.6 Å². The van der Waals surface area contributed by atoms with Crippen LogP contribution in [0, 0.1) is 6.92 Å². The van der Waals surface area contributed by atoms with Crippen molar-refractivity contribution in [3.8, 4) is 5.69 Å². The first kappa shape index (κ1) is 12.9. The van der Waals surface area contributed by atoms with Gasteiger partial charge in [-0.1, -0.05) is 25.1 Å². The lowest BCUT2D eigenvalue weighted by Crippen LogP contribution is -2.26. The number of hydrogen-bond donors (Lipinski definition) is 1. The van der Waals surface area contributed by atoms with Crippen LogP contribution in [0.3, 0.4) is 0 Å². The maximum Gasteiger partial charge on any atom is 0.254 e. The van der Waals surface area contributed by atoms with Gasteiger partial charge in [0.25, 0.3) is 5.91 Å². The molecule has 0 spiro atoms. The van der Waals surface area contributed by atoms with Crippen LogP contribution in [0.25, 0.3) is 5.69 Å². The summed E-state index contributed by atoms with van der Waals surface area (Å²) in [6.45, 7) is 4.11. The number of nitrogens with zero attached hydrogens (tertiary/aromatic N) is 2. The Balaban J connectivity index is 1.98. The van der Waals surface area contributed by atoms with Gasteiger partial charge in [0.05, 0.1) is 23.1 Å². The van der Waals surface area contributed by atoms with E-state index >= 15 is 0 Å². The van der Waals surface area contributed by atoms with E-state index in [1.807, 2.05) is 22.9 Å². The van der Waals surface area contributed by atoms with Gasteiger partial charge in [-0.25, -0.2) is 4.68 Å². The van der Waals surface area contributed by atoms with E-state index in [1.54, 1.807) is 6.20 Å².